The van der Waals surface area contributed by atoms with E-state index in [1.54, 1.807) is 18.1 Å². The number of imidazole rings is 1. The number of amides is 2. The Labute approximate surface area is 131 Å². The monoisotopic (exact) mass is 298 g/mol. The first-order valence-electron chi connectivity index (χ1n) is 7.80. The highest BCUT2D eigenvalue weighted by Crippen LogP contribution is 2.43. The number of rotatable bonds is 5. The molecule has 1 aromatic heterocycles. The lowest BCUT2D eigenvalue weighted by Gasteiger charge is -2.19. The fourth-order valence-corrected chi connectivity index (χ4v) is 2.64. The van der Waals surface area contributed by atoms with Gasteiger partial charge in [-0.25, -0.2) is 9.78 Å². The molecule has 5 nitrogen and oxygen atoms in total. The number of carbonyl (C=O) groups excluding carboxylic acids is 1. The maximum Gasteiger partial charge on any atom is 0.321 e. The second kappa shape index (κ2) is 6.22. The number of urea groups is 1. The van der Waals surface area contributed by atoms with E-state index in [0.717, 1.165) is 18.1 Å². The first kappa shape index (κ1) is 14.6. The molecule has 1 aromatic carbocycles. The van der Waals surface area contributed by atoms with Crippen molar-refractivity contribution in [2.45, 2.75) is 38.8 Å². The fourth-order valence-electron chi connectivity index (χ4n) is 2.64. The summed E-state index contributed by atoms with van der Waals surface area (Å²) in [7, 11) is 1.80. The van der Waals surface area contributed by atoms with Crippen LogP contribution < -0.4 is 5.32 Å². The van der Waals surface area contributed by atoms with Gasteiger partial charge in [0.1, 0.15) is 5.82 Å². The van der Waals surface area contributed by atoms with Crippen LogP contribution in [-0.2, 0) is 13.1 Å². The standard InChI is InChI=1S/C17H22N4O/c1-3-21-11-10-18-16(21)12-20(2)17(22)19-15-7-5-4-6-14(15)13-8-9-13/h4-7,10-11,13H,3,8-9,12H2,1-2H3,(H,19,22). The van der Waals surface area contributed by atoms with Crippen molar-refractivity contribution < 1.29 is 4.79 Å². The van der Waals surface area contributed by atoms with Gasteiger partial charge in [-0.1, -0.05) is 18.2 Å². The van der Waals surface area contributed by atoms with Gasteiger partial charge in [0.2, 0.25) is 0 Å². The van der Waals surface area contributed by atoms with Crippen LogP contribution in [0.25, 0.3) is 0 Å². The molecule has 1 aliphatic carbocycles. The smallest absolute Gasteiger partial charge is 0.321 e. The number of anilines is 1. The van der Waals surface area contributed by atoms with E-state index in [1.165, 1.54) is 18.4 Å². The van der Waals surface area contributed by atoms with Crippen LogP contribution in [0.4, 0.5) is 10.5 Å². The zero-order valence-electron chi connectivity index (χ0n) is 13.1. The van der Waals surface area contributed by atoms with Gasteiger partial charge in [-0.2, -0.15) is 0 Å². The maximum atomic E-state index is 12.4. The summed E-state index contributed by atoms with van der Waals surface area (Å²) in [4.78, 5) is 18.4. The number of hydrogen-bond acceptors (Lipinski definition) is 2. The van der Waals surface area contributed by atoms with Gasteiger partial charge in [-0.05, 0) is 37.3 Å². The van der Waals surface area contributed by atoms with Crippen LogP contribution in [0.2, 0.25) is 0 Å². The van der Waals surface area contributed by atoms with Crippen molar-refractivity contribution in [2.75, 3.05) is 12.4 Å². The van der Waals surface area contributed by atoms with Gasteiger partial charge in [-0.15, -0.1) is 0 Å². The molecule has 1 heterocycles. The van der Waals surface area contributed by atoms with E-state index in [2.05, 4.69) is 23.3 Å². The summed E-state index contributed by atoms with van der Waals surface area (Å²) < 4.78 is 2.04. The van der Waals surface area contributed by atoms with Crippen molar-refractivity contribution in [3.8, 4) is 0 Å². The van der Waals surface area contributed by atoms with E-state index in [-0.39, 0.29) is 6.03 Å². The third-order valence-corrected chi connectivity index (χ3v) is 4.09. The molecule has 1 N–H and O–H groups in total. The van der Waals surface area contributed by atoms with Crippen LogP contribution in [0, 0.1) is 0 Å². The van der Waals surface area contributed by atoms with E-state index in [0.29, 0.717) is 12.5 Å². The molecule has 116 valence electrons. The molecule has 2 amide bonds. The Morgan fingerprint density at radius 1 is 1.41 bits per heavy atom. The van der Waals surface area contributed by atoms with E-state index in [9.17, 15) is 4.79 Å². The largest absolute Gasteiger partial charge is 0.334 e. The number of nitrogens with one attached hydrogen (secondary N) is 1. The summed E-state index contributed by atoms with van der Waals surface area (Å²) in [6, 6.07) is 7.98. The van der Waals surface area contributed by atoms with Crippen LogP contribution in [0.15, 0.2) is 36.7 Å². The van der Waals surface area contributed by atoms with E-state index < -0.39 is 0 Å². The number of benzene rings is 1. The summed E-state index contributed by atoms with van der Waals surface area (Å²) in [6.07, 6.45) is 6.14. The predicted molar refractivity (Wildman–Crippen MR) is 86.8 cm³/mol. The van der Waals surface area contributed by atoms with Gasteiger partial charge in [-0.3, -0.25) is 0 Å². The minimum absolute atomic E-state index is 0.0984. The summed E-state index contributed by atoms with van der Waals surface area (Å²) in [5.74, 6) is 1.51. The Bertz CT molecular complexity index is 660. The summed E-state index contributed by atoms with van der Waals surface area (Å²) in [6.45, 7) is 3.42. The third kappa shape index (κ3) is 3.13. The lowest BCUT2D eigenvalue weighted by Crippen LogP contribution is -2.32. The topological polar surface area (TPSA) is 50.2 Å². The van der Waals surface area contributed by atoms with Crippen molar-refractivity contribution in [1.82, 2.24) is 14.5 Å². The molecule has 22 heavy (non-hydrogen) atoms. The molecule has 0 radical (unpaired) electrons. The number of carbonyl (C=O) groups is 1. The quantitative estimate of drug-likeness (QED) is 0.919. The molecule has 2 aromatic rings. The summed E-state index contributed by atoms with van der Waals surface area (Å²) in [5, 5.41) is 3.03. The number of para-hydroxylation sites is 1. The van der Waals surface area contributed by atoms with Crippen molar-refractivity contribution in [3.05, 3.63) is 48.0 Å². The molecule has 1 saturated carbocycles. The molecular formula is C17H22N4O. The third-order valence-electron chi connectivity index (χ3n) is 4.09. The van der Waals surface area contributed by atoms with Gasteiger partial charge in [0.15, 0.2) is 0 Å². The van der Waals surface area contributed by atoms with Crippen molar-refractivity contribution >= 4 is 11.7 Å². The number of hydrogen-bond donors (Lipinski definition) is 1. The Morgan fingerprint density at radius 2 is 2.18 bits per heavy atom. The Hall–Kier alpha value is -2.30. The van der Waals surface area contributed by atoms with E-state index in [1.807, 2.05) is 29.0 Å². The van der Waals surface area contributed by atoms with Crippen LogP contribution in [0.5, 0.6) is 0 Å². The first-order chi connectivity index (χ1) is 10.7. The van der Waals surface area contributed by atoms with Crippen LogP contribution in [0.1, 0.15) is 37.1 Å². The molecule has 0 unspecified atom stereocenters. The lowest BCUT2D eigenvalue weighted by molar-refractivity contribution is 0.219. The normalized spacial score (nSPS) is 13.9. The van der Waals surface area contributed by atoms with Crippen LogP contribution in [0.3, 0.4) is 0 Å². The SMILES string of the molecule is CCn1ccnc1CN(C)C(=O)Nc1ccccc1C1CC1. The molecule has 0 atom stereocenters. The van der Waals surface area contributed by atoms with E-state index in [4.69, 9.17) is 0 Å². The van der Waals surface area contributed by atoms with Gasteiger partial charge in [0.25, 0.3) is 0 Å². The fraction of sp³-hybridized carbons (Fsp3) is 0.412. The predicted octanol–water partition coefficient (Wildman–Crippen LogP) is 3.44. The molecule has 3 rings (SSSR count). The molecule has 1 aliphatic rings. The van der Waals surface area contributed by atoms with Crippen LogP contribution >= 0.6 is 0 Å². The van der Waals surface area contributed by atoms with Gasteiger partial charge >= 0.3 is 6.03 Å². The highest BCUT2D eigenvalue weighted by molar-refractivity contribution is 5.90. The Kier molecular flexibility index (Phi) is 4.13. The first-order valence-corrected chi connectivity index (χ1v) is 7.80. The van der Waals surface area contributed by atoms with Crippen molar-refractivity contribution in [3.63, 3.8) is 0 Å². The zero-order valence-corrected chi connectivity index (χ0v) is 13.1. The highest BCUT2D eigenvalue weighted by atomic mass is 16.2. The average Bonchev–Trinajstić information content (AvgIpc) is 3.27. The second-order valence-electron chi connectivity index (χ2n) is 5.78. The zero-order chi connectivity index (χ0) is 15.5. The van der Waals surface area contributed by atoms with E-state index >= 15 is 0 Å². The minimum atomic E-state index is -0.0984. The summed E-state index contributed by atoms with van der Waals surface area (Å²) >= 11 is 0. The molecule has 5 heteroatoms. The number of nitrogens with zero attached hydrogens (tertiary/aromatic N) is 3. The van der Waals surface area contributed by atoms with Crippen molar-refractivity contribution in [1.29, 1.82) is 0 Å². The molecular weight excluding hydrogens is 276 g/mol. The molecule has 1 fully saturated rings. The lowest BCUT2D eigenvalue weighted by atomic mass is 10.1. The molecule has 0 bridgehead atoms. The number of aryl methyl sites for hydroxylation is 1. The Balaban J connectivity index is 1.66. The van der Waals surface area contributed by atoms with Crippen molar-refractivity contribution in [2.24, 2.45) is 0 Å². The maximum absolute atomic E-state index is 12.4. The summed E-state index contributed by atoms with van der Waals surface area (Å²) in [5.41, 5.74) is 2.18. The Morgan fingerprint density at radius 3 is 2.91 bits per heavy atom. The molecule has 0 spiro atoms. The van der Waals surface area contributed by atoms with Gasteiger partial charge in [0.05, 0.1) is 6.54 Å². The second-order valence-corrected chi connectivity index (χ2v) is 5.78. The molecule has 0 aliphatic heterocycles. The van der Waals surface area contributed by atoms with Crippen LogP contribution in [-0.4, -0.2) is 27.5 Å². The average molecular weight is 298 g/mol. The van der Waals surface area contributed by atoms with Gasteiger partial charge in [0, 0.05) is 31.7 Å². The molecule has 0 saturated heterocycles. The van der Waals surface area contributed by atoms with Gasteiger partial charge < -0.3 is 14.8 Å². The number of aromatic nitrogens is 2. The minimum Gasteiger partial charge on any atom is -0.334 e. The highest BCUT2D eigenvalue weighted by Gasteiger charge is 2.26.